The van der Waals surface area contributed by atoms with Gasteiger partial charge in [-0.1, -0.05) is 23.7 Å². The number of fused-ring (bicyclic) bond motifs is 1. The van der Waals surface area contributed by atoms with Gasteiger partial charge in [-0.15, -0.1) is 0 Å². The number of hydrogen-bond acceptors (Lipinski definition) is 7. The Balaban J connectivity index is 1.30. The van der Waals surface area contributed by atoms with Gasteiger partial charge in [0.15, 0.2) is 0 Å². The Bertz CT molecular complexity index is 1400. The number of piperidine rings is 1. The third kappa shape index (κ3) is 6.18. The highest BCUT2D eigenvalue weighted by molar-refractivity contribution is 6.29. The van der Waals surface area contributed by atoms with E-state index >= 15 is 0 Å². The van der Waals surface area contributed by atoms with E-state index in [4.69, 9.17) is 22.0 Å². The molecule has 5 heterocycles. The van der Waals surface area contributed by atoms with Gasteiger partial charge in [0.1, 0.15) is 16.6 Å². The van der Waals surface area contributed by atoms with Crippen molar-refractivity contribution in [2.75, 3.05) is 18.4 Å². The Morgan fingerprint density at radius 2 is 2.03 bits per heavy atom. The number of aromatic nitrogens is 4. The number of aliphatic imine (C=N–C) groups is 1. The Morgan fingerprint density at radius 1 is 1.16 bits per heavy atom. The Kier molecular flexibility index (Phi) is 7.82. The first-order valence-electron chi connectivity index (χ1n) is 12.3. The van der Waals surface area contributed by atoms with Gasteiger partial charge in [0.25, 0.3) is 0 Å². The topological polar surface area (TPSA) is 115 Å². The second-order valence-electron chi connectivity index (χ2n) is 9.12. The SMILES string of the molecule is N=CC(C=NC1CCNCC1)c1cnc2[nH]cc(Cc3ccc(NCc4ccc(Cl)nc4)nc3F)c2c1. The van der Waals surface area contributed by atoms with Crippen LogP contribution in [0, 0.1) is 11.4 Å². The van der Waals surface area contributed by atoms with Gasteiger partial charge < -0.3 is 21.0 Å². The van der Waals surface area contributed by atoms with Gasteiger partial charge in [-0.05, 0) is 60.8 Å². The van der Waals surface area contributed by atoms with E-state index in [0.29, 0.717) is 35.5 Å². The second-order valence-corrected chi connectivity index (χ2v) is 9.50. The fourth-order valence-corrected chi connectivity index (χ4v) is 4.51. The number of anilines is 1. The average Bonchev–Trinajstić information content (AvgIpc) is 3.33. The maximum Gasteiger partial charge on any atom is 0.218 e. The molecule has 0 spiro atoms. The highest BCUT2D eigenvalue weighted by atomic mass is 35.5. The highest BCUT2D eigenvalue weighted by Crippen LogP contribution is 2.25. The number of rotatable bonds is 9. The molecule has 190 valence electrons. The Hall–Kier alpha value is -3.69. The van der Waals surface area contributed by atoms with Crippen LogP contribution >= 0.6 is 11.6 Å². The van der Waals surface area contributed by atoms with Crippen LogP contribution in [-0.4, -0.2) is 51.5 Å². The predicted molar refractivity (Wildman–Crippen MR) is 146 cm³/mol. The molecule has 8 nitrogen and oxygen atoms in total. The second kappa shape index (κ2) is 11.6. The van der Waals surface area contributed by atoms with Crippen molar-refractivity contribution in [1.29, 1.82) is 5.41 Å². The average molecular weight is 519 g/mol. The number of H-pyrrole nitrogens is 1. The molecule has 0 radical (unpaired) electrons. The molecule has 0 aromatic carbocycles. The van der Waals surface area contributed by atoms with E-state index in [-0.39, 0.29) is 5.92 Å². The summed E-state index contributed by atoms with van der Waals surface area (Å²) in [5.74, 6) is -0.334. The minimum absolute atomic E-state index is 0.255. The number of pyridine rings is 3. The molecule has 1 aliphatic heterocycles. The van der Waals surface area contributed by atoms with Crippen LogP contribution < -0.4 is 10.6 Å². The summed E-state index contributed by atoms with van der Waals surface area (Å²) in [6.45, 7) is 2.40. The van der Waals surface area contributed by atoms with Crippen LogP contribution in [0.1, 0.15) is 41.0 Å². The molecule has 0 amide bonds. The first kappa shape index (κ1) is 25.0. The van der Waals surface area contributed by atoms with Crippen molar-refractivity contribution >= 4 is 40.9 Å². The van der Waals surface area contributed by atoms with Crippen molar-refractivity contribution < 1.29 is 4.39 Å². The van der Waals surface area contributed by atoms with Crippen molar-refractivity contribution in [1.82, 2.24) is 25.3 Å². The zero-order valence-corrected chi connectivity index (χ0v) is 21.0. The molecule has 4 N–H and O–H groups in total. The van der Waals surface area contributed by atoms with Gasteiger partial charge >= 0.3 is 0 Å². The van der Waals surface area contributed by atoms with Crippen molar-refractivity contribution in [2.24, 2.45) is 4.99 Å². The Morgan fingerprint density at radius 3 is 2.78 bits per heavy atom. The molecule has 37 heavy (non-hydrogen) atoms. The highest BCUT2D eigenvalue weighted by Gasteiger charge is 2.15. The summed E-state index contributed by atoms with van der Waals surface area (Å²) in [4.78, 5) is 20.6. The van der Waals surface area contributed by atoms with Gasteiger partial charge in [-0.3, -0.25) is 4.99 Å². The molecule has 4 aromatic heterocycles. The molecule has 0 saturated carbocycles. The minimum Gasteiger partial charge on any atom is -0.366 e. The molecular weight excluding hydrogens is 491 g/mol. The summed E-state index contributed by atoms with van der Waals surface area (Å²) in [5, 5.41) is 15.7. The summed E-state index contributed by atoms with van der Waals surface area (Å²) >= 11 is 5.82. The largest absolute Gasteiger partial charge is 0.366 e. The van der Waals surface area contributed by atoms with Crippen LogP contribution in [0.3, 0.4) is 0 Å². The van der Waals surface area contributed by atoms with Crippen molar-refractivity contribution in [3.63, 3.8) is 0 Å². The fraction of sp³-hybridized carbons (Fsp3) is 0.296. The Labute approximate surface area is 219 Å². The van der Waals surface area contributed by atoms with Gasteiger partial charge in [-0.2, -0.15) is 4.39 Å². The van der Waals surface area contributed by atoms with Crippen LogP contribution in [0.15, 0.2) is 53.9 Å². The van der Waals surface area contributed by atoms with E-state index in [1.54, 1.807) is 30.6 Å². The number of nitrogens with one attached hydrogen (secondary N) is 4. The van der Waals surface area contributed by atoms with E-state index in [9.17, 15) is 4.39 Å². The molecule has 1 saturated heterocycles. The molecule has 1 atom stereocenters. The fourth-order valence-electron chi connectivity index (χ4n) is 4.40. The number of aromatic amines is 1. The molecule has 1 fully saturated rings. The maximum absolute atomic E-state index is 14.9. The number of nitrogens with zero attached hydrogens (tertiary/aromatic N) is 4. The van der Waals surface area contributed by atoms with Gasteiger partial charge in [0.2, 0.25) is 5.95 Å². The maximum atomic E-state index is 14.9. The third-order valence-electron chi connectivity index (χ3n) is 6.54. The lowest BCUT2D eigenvalue weighted by Crippen LogP contribution is -2.30. The van der Waals surface area contributed by atoms with Gasteiger partial charge in [0.05, 0.1) is 12.0 Å². The zero-order valence-electron chi connectivity index (χ0n) is 20.2. The van der Waals surface area contributed by atoms with Crippen LogP contribution in [0.5, 0.6) is 0 Å². The van der Waals surface area contributed by atoms with E-state index in [1.165, 1.54) is 6.21 Å². The van der Waals surface area contributed by atoms with Gasteiger partial charge in [0, 0.05) is 54.9 Å². The molecule has 10 heteroatoms. The summed E-state index contributed by atoms with van der Waals surface area (Å²) in [5.41, 5.74) is 3.93. The van der Waals surface area contributed by atoms with Crippen LogP contribution in [0.25, 0.3) is 11.0 Å². The molecule has 0 bridgehead atoms. The first-order chi connectivity index (χ1) is 18.1. The lowest BCUT2D eigenvalue weighted by atomic mass is 9.99. The first-order valence-corrected chi connectivity index (χ1v) is 12.7. The molecule has 4 aromatic rings. The van der Waals surface area contributed by atoms with Crippen molar-refractivity contribution in [2.45, 2.75) is 37.8 Å². The zero-order chi connectivity index (χ0) is 25.6. The lowest BCUT2D eigenvalue weighted by molar-refractivity contribution is 0.460. The number of hydrogen-bond donors (Lipinski definition) is 4. The number of halogens is 2. The molecule has 1 aliphatic rings. The molecule has 5 rings (SSSR count). The summed E-state index contributed by atoms with van der Waals surface area (Å²) in [7, 11) is 0. The summed E-state index contributed by atoms with van der Waals surface area (Å²) in [6, 6.07) is 9.38. The smallest absolute Gasteiger partial charge is 0.218 e. The third-order valence-corrected chi connectivity index (χ3v) is 6.76. The minimum atomic E-state index is -0.524. The van der Waals surface area contributed by atoms with E-state index in [2.05, 4.69) is 30.6 Å². The lowest BCUT2D eigenvalue weighted by Gasteiger charge is -2.19. The summed E-state index contributed by atoms with van der Waals surface area (Å²) < 4.78 is 14.9. The van der Waals surface area contributed by atoms with Crippen LogP contribution in [-0.2, 0) is 13.0 Å². The quantitative estimate of drug-likeness (QED) is 0.186. The van der Waals surface area contributed by atoms with E-state index < -0.39 is 5.95 Å². The monoisotopic (exact) mass is 518 g/mol. The van der Waals surface area contributed by atoms with E-state index in [1.807, 2.05) is 24.5 Å². The molecule has 0 aliphatic carbocycles. The summed E-state index contributed by atoms with van der Waals surface area (Å²) in [6.07, 6.45) is 10.9. The van der Waals surface area contributed by atoms with Gasteiger partial charge in [-0.25, -0.2) is 15.0 Å². The normalized spacial score (nSPS) is 15.3. The van der Waals surface area contributed by atoms with Crippen LogP contribution in [0.2, 0.25) is 5.15 Å². The standard InChI is InChI=1S/C27H28ClFN8/c28-24-3-1-17(12-33-24)13-34-25-4-2-18(26(29)37-25)9-20-15-36-27-23(20)10-19(14-35-27)21(11-30)16-32-22-5-7-31-8-6-22/h1-4,10-12,14-16,21-22,30-31H,5-9,13H2,(H,34,37)(H,35,36). The molecule has 1 unspecified atom stereocenters. The van der Waals surface area contributed by atoms with E-state index in [0.717, 1.165) is 53.7 Å². The predicted octanol–water partition coefficient (Wildman–Crippen LogP) is 4.90. The van der Waals surface area contributed by atoms with Crippen molar-refractivity contribution in [3.05, 3.63) is 82.3 Å². The molecular formula is C27H28ClFN8. The van der Waals surface area contributed by atoms with Crippen LogP contribution in [0.4, 0.5) is 10.2 Å². The van der Waals surface area contributed by atoms with Crippen molar-refractivity contribution in [3.8, 4) is 0 Å².